The van der Waals surface area contributed by atoms with E-state index in [1.54, 1.807) is 6.92 Å². The first-order chi connectivity index (χ1) is 8.18. The minimum absolute atomic E-state index is 0.0400. The molecule has 1 aliphatic rings. The van der Waals surface area contributed by atoms with Gasteiger partial charge in [0.1, 0.15) is 6.04 Å². The number of carboxylic acids is 1. The van der Waals surface area contributed by atoms with Gasteiger partial charge in [0.25, 0.3) is 0 Å². The number of ether oxygens (including phenoxy) is 1. The smallest absolute Gasteiger partial charge is 0.320 e. The number of hydrogen-bond donors (Lipinski definition) is 2. The normalized spacial score (nSPS) is 20.6. The molecule has 92 valence electrons. The Balaban J connectivity index is 2.01. The van der Waals surface area contributed by atoms with Crippen molar-refractivity contribution >= 4 is 5.97 Å². The molecule has 1 unspecified atom stereocenters. The quantitative estimate of drug-likeness (QED) is 0.827. The van der Waals surface area contributed by atoms with Gasteiger partial charge in [-0.25, -0.2) is 0 Å². The van der Waals surface area contributed by atoms with Crippen LogP contribution in [-0.2, 0) is 16.0 Å². The van der Waals surface area contributed by atoms with Gasteiger partial charge in [0.2, 0.25) is 0 Å². The number of aliphatic carboxylic acids is 1. The molecular formula is C13H17NO3. The Kier molecular flexibility index (Phi) is 3.76. The minimum atomic E-state index is -0.839. The predicted octanol–water partition coefficient (Wildman–Crippen LogP) is 1.36. The topological polar surface area (TPSA) is 58.6 Å². The summed E-state index contributed by atoms with van der Waals surface area (Å²) in [5.41, 5.74) is 2.47. The van der Waals surface area contributed by atoms with Crippen LogP contribution in [-0.4, -0.2) is 30.3 Å². The van der Waals surface area contributed by atoms with E-state index in [0.29, 0.717) is 13.2 Å². The highest BCUT2D eigenvalue weighted by molar-refractivity contribution is 5.72. The van der Waals surface area contributed by atoms with Crippen molar-refractivity contribution in [3.8, 4) is 0 Å². The maximum atomic E-state index is 10.7. The molecule has 17 heavy (non-hydrogen) atoms. The molecule has 0 saturated carbocycles. The van der Waals surface area contributed by atoms with E-state index in [2.05, 4.69) is 11.4 Å². The van der Waals surface area contributed by atoms with Crippen LogP contribution in [0.3, 0.4) is 0 Å². The lowest BCUT2D eigenvalue weighted by Crippen LogP contribution is -2.38. The fourth-order valence-corrected chi connectivity index (χ4v) is 2.02. The van der Waals surface area contributed by atoms with E-state index in [4.69, 9.17) is 9.84 Å². The van der Waals surface area contributed by atoms with Gasteiger partial charge in [-0.05, 0) is 24.5 Å². The molecule has 1 aliphatic heterocycles. The molecule has 0 amide bonds. The minimum Gasteiger partial charge on any atom is -0.480 e. The highest BCUT2D eigenvalue weighted by Crippen LogP contribution is 2.26. The average molecular weight is 235 g/mol. The van der Waals surface area contributed by atoms with E-state index < -0.39 is 12.0 Å². The molecule has 1 heterocycles. The number of benzene rings is 1. The van der Waals surface area contributed by atoms with E-state index in [9.17, 15) is 4.79 Å². The average Bonchev–Trinajstić information content (AvgIpc) is 2.35. The third-order valence-electron chi connectivity index (χ3n) is 3.07. The van der Waals surface area contributed by atoms with Crippen LogP contribution < -0.4 is 5.32 Å². The first-order valence-electron chi connectivity index (χ1n) is 5.84. The first kappa shape index (κ1) is 12.1. The number of rotatable bonds is 4. The fourth-order valence-electron chi connectivity index (χ4n) is 2.02. The summed E-state index contributed by atoms with van der Waals surface area (Å²) in [6, 6.07) is 7.61. The Bertz CT molecular complexity index is 405. The molecule has 0 saturated heterocycles. The maximum Gasteiger partial charge on any atom is 0.320 e. The summed E-state index contributed by atoms with van der Waals surface area (Å²) in [7, 11) is 0. The van der Waals surface area contributed by atoms with Crippen molar-refractivity contribution < 1.29 is 14.6 Å². The highest BCUT2D eigenvalue weighted by Gasteiger charge is 2.21. The zero-order valence-corrected chi connectivity index (χ0v) is 9.85. The maximum absolute atomic E-state index is 10.7. The number of carboxylic acid groups (broad SMARTS) is 1. The molecule has 0 bridgehead atoms. The zero-order valence-electron chi connectivity index (χ0n) is 9.85. The largest absolute Gasteiger partial charge is 0.480 e. The van der Waals surface area contributed by atoms with Gasteiger partial charge in [-0.2, -0.15) is 0 Å². The molecule has 2 N–H and O–H groups in total. The second-order valence-corrected chi connectivity index (χ2v) is 4.28. The Morgan fingerprint density at radius 1 is 1.59 bits per heavy atom. The van der Waals surface area contributed by atoms with Crippen LogP contribution in [0.1, 0.15) is 24.2 Å². The van der Waals surface area contributed by atoms with Crippen LogP contribution in [0.5, 0.6) is 0 Å². The van der Waals surface area contributed by atoms with E-state index in [1.165, 1.54) is 11.1 Å². The first-order valence-corrected chi connectivity index (χ1v) is 5.84. The van der Waals surface area contributed by atoms with Crippen molar-refractivity contribution in [2.24, 2.45) is 0 Å². The van der Waals surface area contributed by atoms with Crippen molar-refractivity contribution in [3.05, 3.63) is 35.4 Å². The molecule has 0 radical (unpaired) electrons. The Morgan fingerprint density at radius 2 is 2.35 bits per heavy atom. The molecule has 0 spiro atoms. The van der Waals surface area contributed by atoms with Crippen molar-refractivity contribution in [3.63, 3.8) is 0 Å². The van der Waals surface area contributed by atoms with Crippen LogP contribution in [0.25, 0.3) is 0 Å². The van der Waals surface area contributed by atoms with E-state index in [1.807, 2.05) is 18.2 Å². The van der Waals surface area contributed by atoms with Gasteiger partial charge in [-0.15, -0.1) is 0 Å². The SMILES string of the molecule is C[C@H](NCC1OCCc2ccccc21)C(=O)O. The summed E-state index contributed by atoms with van der Waals surface area (Å²) < 4.78 is 5.68. The molecule has 4 nitrogen and oxygen atoms in total. The van der Waals surface area contributed by atoms with Gasteiger partial charge in [-0.1, -0.05) is 24.3 Å². The van der Waals surface area contributed by atoms with Crippen molar-refractivity contribution in [1.29, 1.82) is 0 Å². The van der Waals surface area contributed by atoms with Crippen LogP contribution in [0.15, 0.2) is 24.3 Å². The number of fused-ring (bicyclic) bond motifs is 1. The molecule has 1 aromatic rings. The van der Waals surface area contributed by atoms with Gasteiger partial charge in [0.05, 0.1) is 12.7 Å². The number of carbonyl (C=O) groups is 1. The van der Waals surface area contributed by atoms with E-state index in [0.717, 1.165) is 6.42 Å². The van der Waals surface area contributed by atoms with Crippen molar-refractivity contribution in [2.75, 3.05) is 13.2 Å². The summed E-state index contributed by atoms with van der Waals surface area (Å²) in [6.45, 7) is 2.87. The van der Waals surface area contributed by atoms with Crippen LogP contribution in [0.2, 0.25) is 0 Å². The summed E-state index contributed by atoms with van der Waals surface area (Å²) in [5, 5.41) is 11.8. The molecule has 2 rings (SSSR count). The zero-order chi connectivity index (χ0) is 12.3. The third kappa shape index (κ3) is 2.84. The summed E-state index contributed by atoms with van der Waals surface area (Å²) in [5.74, 6) is -0.839. The van der Waals surface area contributed by atoms with Crippen molar-refractivity contribution in [1.82, 2.24) is 5.32 Å². The lowest BCUT2D eigenvalue weighted by Gasteiger charge is -2.27. The number of hydrogen-bond acceptors (Lipinski definition) is 3. The molecule has 0 aliphatic carbocycles. The predicted molar refractivity (Wildman–Crippen MR) is 63.9 cm³/mol. The molecule has 1 aromatic carbocycles. The van der Waals surface area contributed by atoms with E-state index >= 15 is 0 Å². The van der Waals surface area contributed by atoms with Gasteiger partial charge in [0, 0.05) is 6.54 Å². The Labute approximate surface area is 101 Å². The summed E-state index contributed by atoms with van der Waals surface area (Å²) in [4.78, 5) is 10.7. The second-order valence-electron chi connectivity index (χ2n) is 4.28. The Morgan fingerprint density at radius 3 is 3.12 bits per heavy atom. The second kappa shape index (κ2) is 5.29. The Hall–Kier alpha value is -1.39. The third-order valence-corrected chi connectivity index (χ3v) is 3.07. The van der Waals surface area contributed by atoms with Gasteiger partial charge < -0.3 is 15.2 Å². The fraction of sp³-hybridized carbons (Fsp3) is 0.462. The number of nitrogens with one attached hydrogen (secondary N) is 1. The van der Waals surface area contributed by atoms with Crippen molar-refractivity contribution in [2.45, 2.75) is 25.5 Å². The van der Waals surface area contributed by atoms with E-state index in [-0.39, 0.29) is 6.10 Å². The monoisotopic (exact) mass is 235 g/mol. The molecule has 4 heteroatoms. The highest BCUT2D eigenvalue weighted by atomic mass is 16.5. The van der Waals surface area contributed by atoms with Crippen LogP contribution in [0, 0.1) is 0 Å². The van der Waals surface area contributed by atoms with Gasteiger partial charge in [-0.3, -0.25) is 4.79 Å². The van der Waals surface area contributed by atoms with Crippen LogP contribution >= 0.6 is 0 Å². The molecule has 0 aromatic heterocycles. The summed E-state index contributed by atoms with van der Waals surface area (Å²) >= 11 is 0. The standard InChI is InChI=1S/C13H17NO3/c1-9(13(15)16)14-8-12-11-5-3-2-4-10(11)6-7-17-12/h2-5,9,12,14H,6-8H2,1H3,(H,15,16)/t9-,12?/m0/s1. The van der Waals surface area contributed by atoms with Gasteiger partial charge in [0.15, 0.2) is 0 Å². The summed E-state index contributed by atoms with van der Waals surface area (Å²) in [6.07, 6.45) is 0.892. The molecule has 0 fully saturated rings. The lowest BCUT2D eigenvalue weighted by molar-refractivity contribution is -0.139. The molecular weight excluding hydrogens is 218 g/mol. The molecule has 2 atom stereocenters. The lowest BCUT2D eigenvalue weighted by atomic mass is 9.97. The van der Waals surface area contributed by atoms with Gasteiger partial charge >= 0.3 is 5.97 Å². The van der Waals surface area contributed by atoms with Crippen LogP contribution in [0.4, 0.5) is 0 Å².